The van der Waals surface area contributed by atoms with E-state index in [1.54, 1.807) is 0 Å². The molecular weight excluding hydrogens is 226 g/mol. The van der Waals surface area contributed by atoms with Gasteiger partial charge in [-0.3, -0.25) is 0 Å². The van der Waals surface area contributed by atoms with Crippen molar-refractivity contribution in [2.45, 2.75) is 26.8 Å². The van der Waals surface area contributed by atoms with Crippen LogP contribution < -0.4 is 5.73 Å². The molecule has 1 aromatic carbocycles. The Morgan fingerprint density at radius 2 is 1.62 bits per heavy atom. The third kappa shape index (κ3) is 2.82. The zero-order chi connectivity index (χ0) is 10.1. The lowest BCUT2D eigenvalue weighted by Crippen LogP contribution is -2.26. The molecular formula is C11H16BrN. The molecule has 2 N–H and O–H groups in total. The van der Waals surface area contributed by atoms with Crippen molar-refractivity contribution in [2.75, 3.05) is 0 Å². The minimum Gasteiger partial charge on any atom is -0.324 e. The van der Waals surface area contributed by atoms with Crippen molar-refractivity contribution in [1.29, 1.82) is 0 Å². The second-order valence-electron chi connectivity index (χ2n) is 4.40. The number of hydrogen-bond donors (Lipinski definition) is 1. The van der Waals surface area contributed by atoms with E-state index in [-0.39, 0.29) is 11.5 Å². The fraction of sp³-hybridized carbons (Fsp3) is 0.455. The molecule has 13 heavy (non-hydrogen) atoms. The van der Waals surface area contributed by atoms with Crippen molar-refractivity contribution >= 4 is 15.9 Å². The minimum absolute atomic E-state index is 0.0978. The van der Waals surface area contributed by atoms with Gasteiger partial charge in [0.1, 0.15) is 0 Å². The molecule has 0 radical (unpaired) electrons. The summed E-state index contributed by atoms with van der Waals surface area (Å²) >= 11 is 3.40. The zero-order valence-electron chi connectivity index (χ0n) is 8.34. The van der Waals surface area contributed by atoms with Crippen LogP contribution >= 0.6 is 15.9 Å². The summed E-state index contributed by atoms with van der Waals surface area (Å²) in [5, 5.41) is 0. The van der Waals surface area contributed by atoms with Crippen molar-refractivity contribution in [2.24, 2.45) is 11.1 Å². The monoisotopic (exact) mass is 241 g/mol. The molecule has 0 aliphatic rings. The van der Waals surface area contributed by atoms with E-state index in [2.05, 4.69) is 48.8 Å². The van der Waals surface area contributed by atoms with Crippen molar-refractivity contribution in [1.82, 2.24) is 0 Å². The van der Waals surface area contributed by atoms with Crippen LogP contribution in [0.1, 0.15) is 32.4 Å². The van der Waals surface area contributed by atoms with Crippen molar-refractivity contribution in [3.8, 4) is 0 Å². The van der Waals surface area contributed by atoms with Gasteiger partial charge in [-0.05, 0) is 23.1 Å². The number of hydrogen-bond acceptors (Lipinski definition) is 1. The normalized spacial score (nSPS) is 14.2. The summed E-state index contributed by atoms with van der Waals surface area (Å²) in [6, 6.07) is 8.29. The summed E-state index contributed by atoms with van der Waals surface area (Å²) in [6.45, 7) is 6.46. The van der Waals surface area contributed by atoms with E-state index < -0.39 is 0 Å². The van der Waals surface area contributed by atoms with Gasteiger partial charge in [0.15, 0.2) is 0 Å². The number of nitrogens with two attached hydrogens (primary N) is 1. The summed E-state index contributed by atoms with van der Waals surface area (Å²) in [6.07, 6.45) is 0. The first-order valence-electron chi connectivity index (χ1n) is 4.42. The Morgan fingerprint density at radius 1 is 1.15 bits per heavy atom. The molecule has 0 saturated heterocycles. The molecule has 0 amide bonds. The molecule has 1 atom stereocenters. The van der Waals surface area contributed by atoms with E-state index in [1.807, 2.05) is 12.1 Å². The van der Waals surface area contributed by atoms with Crippen LogP contribution in [0.3, 0.4) is 0 Å². The Kier molecular flexibility index (Phi) is 3.14. The lowest BCUT2D eigenvalue weighted by Gasteiger charge is -2.27. The average molecular weight is 242 g/mol. The highest BCUT2D eigenvalue weighted by Crippen LogP contribution is 2.30. The van der Waals surface area contributed by atoms with E-state index in [0.29, 0.717) is 0 Å². The Hall–Kier alpha value is -0.340. The first-order valence-corrected chi connectivity index (χ1v) is 5.21. The standard InChI is InChI=1S/C11H16BrN/c1-11(2,3)10(13)8-4-6-9(12)7-5-8/h4-7,10H,13H2,1-3H3/t10-/m1/s1. The molecule has 1 nitrogen and oxygen atoms in total. The maximum Gasteiger partial charge on any atom is 0.0344 e. The van der Waals surface area contributed by atoms with Gasteiger partial charge in [-0.1, -0.05) is 48.8 Å². The number of rotatable bonds is 1. The van der Waals surface area contributed by atoms with E-state index in [0.717, 1.165) is 4.47 Å². The Labute approximate surface area is 88.5 Å². The smallest absolute Gasteiger partial charge is 0.0344 e. The highest BCUT2D eigenvalue weighted by molar-refractivity contribution is 9.10. The summed E-state index contributed by atoms with van der Waals surface area (Å²) < 4.78 is 1.09. The van der Waals surface area contributed by atoms with Crippen LogP contribution in [-0.2, 0) is 0 Å². The van der Waals surface area contributed by atoms with Crippen LogP contribution in [0.5, 0.6) is 0 Å². The predicted molar refractivity (Wildman–Crippen MR) is 60.5 cm³/mol. The van der Waals surface area contributed by atoms with Gasteiger partial charge < -0.3 is 5.73 Å². The lowest BCUT2D eigenvalue weighted by atomic mass is 9.83. The molecule has 72 valence electrons. The van der Waals surface area contributed by atoms with E-state index in [1.165, 1.54) is 5.56 Å². The second-order valence-corrected chi connectivity index (χ2v) is 5.31. The van der Waals surface area contributed by atoms with E-state index >= 15 is 0 Å². The van der Waals surface area contributed by atoms with Gasteiger partial charge in [0.05, 0.1) is 0 Å². The zero-order valence-corrected chi connectivity index (χ0v) is 9.93. The molecule has 0 spiro atoms. The molecule has 0 unspecified atom stereocenters. The minimum atomic E-state index is 0.0978. The Balaban J connectivity index is 2.90. The molecule has 0 fully saturated rings. The molecule has 2 heteroatoms. The average Bonchev–Trinajstić information content (AvgIpc) is 2.03. The highest BCUT2D eigenvalue weighted by Gasteiger charge is 2.21. The van der Waals surface area contributed by atoms with E-state index in [9.17, 15) is 0 Å². The highest BCUT2D eigenvalue weighted by atomic mass is 79.9. The number of halogens is 1. The van der Waals surface area contributed by atoms with Gasteiger partial charge >= 0.3 is 0 Å². The molecule has 0 aliphatic heterocycles. The van der Waals surface area contributed by atoms with Gasteiger partial charge in [-0.15, -0.1) is 0 Å². The second kappa shape index (κ2) is 3.81. The molecule has 1 aromatic rings. The van der Waals surface area contributed by atoms with Crippen molar-refractivity contribution in [3.63, 3.8) is 0 Å². The molecule has 0 bridgehead atoms. The first kappa shape index (κ1) is 10.7. The van der Waals surface area contributed by atoms with Gasteiger partial charge in [0, 0.05) is 10.5 Å². The Bertz CT molecular complexity index is 271. The maximum absolute atomic E-state index is 6.11. The summed E-state index contributed by atoms with van der Waals surface area (Å²) in [5.41, 5.74) is 7.42. The summed E-state index contributed by atoms with van der Waals surface area (Å²) in [7, 11) is 0. The van der Waals surface area contributed by atoms with Crippen LogP contribution in [0.15, 0.2) is 28.7 Å². The van der Waals surface area contributed by atoms with Gasteiger partial charge in [0.25, 0.3) is 0 Å². The number of benzene rings is 1. The van der Waals surface area contributed by atoms with Crippen LogP contribution in [0.4, 0.5) is 0 Å². The fourth-order valence-corrected chi connectivity index (χ4v) is 1.43. The van der Waals surface area contributed by atoms with Crippen LogP contribution in [-0.4, -0.2) is 0 Å². The quantitative estimate of drug-likeness (QED) is 0.801. The van der Waals surface area contributed by atoms with Crippen molar-refractivity contribution < 1.29 is 0 Å². The SMILES string of the molecule is CC(C)(C)[C@H](N)c1ccc(Br)cc1. The molecule has 1 rings (SSSR count). The van der Waals surface area contributed by atoms with Gasteiger partial charge in [0.2, 0.25) is 0 Å². The maximum atomic E-state index is 6.11. The topological polar surface area (TPSA) is 26.0 Å². The summed E-state index contributed by atoms with van der Waals surface area (Å²) in [5.74, 6) is 0. The van der Waals surface area contributed by atoms with Crippen LogP contribution in [0.2, 0.25) is 0 Å². The van der Waals surface area contributed by atoms with Gasteiger partial charge in [-0.25, -0.2) is 0 Å². The van der Waals surface area contributed by atoms with Crippen LogP contribution in [0.25, 0.3) is 0 Å². The first-order chi connectivity index (χ1) is 5.91. The third-order valence-electron chi connectivity index (χ3n) is 2.16. The third-order valence-corrected chi connectivity index (χ3v) is 2.69. The van der Waals surface area contributed by atoms with E-state index in [4.69, 9.17) is 5.73 Å². The lowest BCUT2D eigenvalue weighted by molar-refractivity contribution is 0.327. The molecule has 0 saturated carbocycles. The largest absolute Gasteiger partial charge is 0.324 e. The summed E-state index contributed by atoms with van der Waals surface area (Å²) in [4.78, 5) is 0. The fourth-order valence-electron chi connectivity index (χ4n) is 1.17. The van der Waals surface area contributed by atoms with Crippen molar-refractivity contribution in [3.05, 3.63) is 34.3 Å². The Morgan fingerprint density at radius 3 is 2.00 bits per heavy atom. The molecule has 0 aliphatic carbocycles. The van der Waals surface area contributed by atoms with Crippen LogP contribution in [0, 0.1) is 5.41 Å². The molecule has 0 heterocycles. The van der Waals surface area contributed by atoms with Gasteiger partial charge in [-0.2, -0.15) is 0 Å². The predicted octanol–water partition coefficient (Wildman–Crippen LogP) is 3.50. The molecule has 0 aromatic heterocycles.